The summed E-state index contributed by atoms with van der Waals surface area (Å²) in [6, 6.07) is 1.23. The molecule has 0 radical (unpaired) electrons. The van der Waals surface area contributed by atoms with Gasteiger partial charge in [-0.2, -0.15) is 0 Å². The predicted octanol–water partition coefficient (Wildman–Crippen LogP) is 2.24. The SMILES string of the molecule is CCNC1(C(=O)O)CCC(N2CCC3CCCCC32)C1. The third-order valence-electron chi connectivity index (χ3n) is 5.94. The molecule has 0 aromatic heterocycles. The van der Waals surface area contributed by atoms with E-state index in [4.69, 9.17) is 0 Å². The topological polar surface area (TPSA) is 52.6 Å². The van der Waals surface area contributed by atoms with Gasteiger partial charge in [-0.3, -0.25) is 9.69 Å². The minimum Gasteiger partial charge on any atom is -0.480 e. The van der Waals surface area contributed by atoms with Crippen LogP contribution in [0.1, 0.15) is 58.3 Å². The number of likely N-dealkylation sites (N-methyl/N-ethyl adjacent to an activating group) is 1. The molecule has 0 spiro atoms. The maximum atomic E-state index is 11.7. The van der Waals surface area contributed by atoms with Crippen molar-refractivity contribution in [3.8, 4) is 0 Å². The molecule has 114 valence electrons. The van der Waals surface area contributed by atoms with E-state index >= 15 is 0 Å². The Kier molecular flexibility index (Phi) is 4.04. The van der Waals surface area contributed by atoms with Gasteiger partial charge in [0.2, 0.25) is 0 Å². The highest BCUT2D eigenvalue weighted by molar-refractivity contribution is 5.79. The first-order chi connectivity index (χ1) is 9.66. The molecule has 1 heterocycles. The maximum Gasteiger partial charge on any atom is 0.323 e. The molecule has 0 aromatic carbocycles. The first-order valence-electron chi connectivity index (χ1n) is 8.40. The summed E-state index contributed by atoms with van der Waals surface area (Å²) in [4.78, 5) is 14.3. The van der Waals surface area contributed by atoms with Crippen LogP contribution in [-0.2, 0) is 4.79 Å². The third kappa shape index (κ3) is 2.37. The van der Waals surface area contributed by atoms with Gasteiger partial charge in [0, 0.05) is 12.1 Å². The second-order valence-corrected chi connectivity index (χ2v) is 6.95. The molecule has 20 heavy (non-hydrogen) atoms. The van der Waals surface area contributed by atoms with Crippen molar-refractivity contribution in [2.75, 3.05) is 13.1 Å². The number of nitrogens with one attached hydrogen (secondary N) is 1. The fraction of sp³-hybridized carbons (Fsp3) is 0.938. The Morgan fingerprint density at radius 1 is 1.30 bits per heavy atom. The van der Waals surface area contributed by atoms with Crippen LogP contribution >= 0.6 is 0 Å². The zero-order valence-electron chi connectivity index (χ0n) is 12.6. The van der Waals surface area contributed by atoms with Crippen molar-refractivity contribution in [2.24, 2.45) is 5.92 Å². The average molecular weight is 280 g/mol. The van der Waals surface area contributed by atoms with Crippen LogP contribution in [0.4, 0.5) is 0 Å². The molecule has 1 saturated heterocycles. The molecule has 4 atom stereocenters. The summed E-state index contributed by atoms with van der Waals surface area (Å²) in [7, 11) is 0. The van der Waals surface area contributed by atoms with Gasteiger partial charge in [0.25, 0.3) is 0 Å². The Morgan fingerprint density at radius 2 is 2.10 bits per heavy atom. The van der Waals surface area contributed by atoms with Crippen molar-refractivity contribution in [3.05, 3.63) is 0 Å². The predicted molar refractivity (Wildman–Crippen MR) is 78.8 cm³/mol. The Balaban J connectivity index is 1.69. The largest absolute Gasteiger partial charge is 0.480 e. The Hall–Kier alpha value is -0.610. The number of carboxylic acid groups (broad SMARTS) is 1. The molecule has 4 nitrogen and oxygen atoms in total. The smallest absolute Gasteiger partial charge is 0.323 e. The first kappa shape index (κ1) is 14.3. The normalized spacial score (nSPS) is 41.8. The fourth-order valence-corrected chi connectivity index (χ4v) is 4.97. The zero-order valence-corrected chi connectivity index (χ0v) is 12.6. The molecule has 0 aromatic rings. The lowest BCUT2D eigenvalue weighted by Crippen LogP contribution is -2.51. The quantitative estimate of drug-likeness (QED) is 0.829. The van der Waals surface area contributed by atoms with E-state index in [2.05, 4.69) is 10.2 Å². The van der Waals surface area contributed by atoms with Gasteiger partial charge in [-0.05, 0) is 57.5 Å². The van der Waals surface area contributed by atoms with E-state index in [0.717, 1.165) is 37.8 Å². The number of carboxylic acids is 1. The molecular weight excluding hydrogens is 252 g/mol. The maximum absolute atomic E-state index is 11.7. The fourth-order valence-electron chi connectivity index (χ4n) is 4.97. The van der Waals surface area contributed by atoms with E-state index in [0.29, 0.717) is 6.04 Å². The van der Waals surface area contributed by atoms with Crippen molar-refractivity contribution in [1.82, 2.24) is 10.2 Å². The molecule has 2 N–H and O–H groups in total. The van der Waals surface area contributed by atoms with E-state index in [1.165, 1.54) is 38.6 Å². The summed E-state index contributed by atoms with van der Waals surface area (Å²) < 4.78 is 0. The molecular formula is C16H28N2O2. The van der Waals surface area contributed by atoms with Crippen LogP contribution in [0.3, 0.4) is 0 Å². The van der Waals surface area contributed by atoms with E-state index < -0.39 is 11.5 Å². The van der Waals surface area contributed by atoms with Crippen LogP contribution in [0.15, 0.2) is 0 Å². The number of hydrogen-bond donors (Lipinski definition) is 2. The van der Waals surface area contributed by atoms with Gasteiger partial charge in [0.15, 0.2) is 0 Å². The van der Waals surface area contributed by atoms with E-state index in [1.54, 1.807) is 0 Å². The molecule has 4 heteroatoms. The van der Waals surface area contributed by atoms with Crippen LogP contribution in [-0.4, -0.2) is 46.7 Å². The van der Waals surface area contributed by atoms with Crippen molar-refractivity contribution in [2.45, 2.75) is 75.9 Å². The van der Waals surface area contributed by atoms with Crippen molar-refractivity contribution < 1.29 is 9.90 Å². The minimum absolute atomic E-state index is 0.484. The lowest BCUT2D eigenvalue weighted by Gasteiger charge is -2.36. The van der Waals surface area contributed by atoms with Crippen LogP contribution in [0.2, 0.25) is 0 Å². The molecule has 3 fully saturated rings. The van der Waals surface area contributed by atoms with E-state index in [9.17, 15) is 9.90 Å². The monoisotopic (exact) mass is 280 g/mol. The van der Waals surface area contributed by atoms with Gasteiger partial charge in [0.1, 0.15) is 5.54 Å². The van der Waals surface area contributed by atoms with Gasteiger partial charge >= 0.3 is 5.97 Å². The molecule has 0 amide bonds. The van der Waals surface area contributed by atoms with E-state index in [1.807, 2.05) is 6.92 Å². The van der Waals surface area contributed by atoms with Crippen LogP contribution < -0.4 is 5.32 Å². The zero-order chi connectivity index (χ0) is 14.2. The van der Waals surface area contributed by atoms with Crippen molar-refractivity contribution >= 4 is 5.97 Å². The molecule has 3 rings (SSSR count). The van der Waals surface area contributed by atoms with Crippen LogP contribution in [0.25, 0.3) is 0 Å². The molecule has 0 bridgehead atoms. The number of fused-ring (bicyclic) bond motifs is 1. The number of carbonyl (C=O) groups is 1. The van der Waals surface area contributed by atoms with E-state index in [-0.39, 0.29) is 0 Å². The minimum atomic E-state index is -0.661. The van der Waals surface area contributed by atoms with Crippen molar-refractivity contribution in [3.63, 3.8) is 0 Å². The summed E-state index contributed by atoms with van der Waals surface area (Å²) in [6.45, 7) is 3.94. The lowest BCUT2D eigenvalue weighted by molar-refractivity contribution is -0.144. The highest BCUT2D eigenvalue weighted by atomic mass is 16.4. The summed E-state index contributed by atoms with van der Waals surface area (Å²) >= 11 is 0. The molecule has 1 aliphatic heterocycles. The standard InChI is InChI=1S/C16H28N2O2/c1-2-17-16(15(19)20)9-7-13(11-16)18-10-8-12-5-3-4-6-14(12)18/h12-14,17H,2-11H2,1H3,(H,19,20). The molecule has 2 saturated carbocycles. The van der Waals surface area contributed by atoms with Gasteiger partial charge in [-0.25, -0.2) is 0 Å². The number of hydrogen-bond acceptors (Lipinski definition) is 3. The van der Waals surface area contributed by atoms with Gasteiger partial charge in [0.05, 0.1) is 0 Å². The number of rotatable bonds is 4. The molecule has 4 unspecified atom stereocenters. The average Bonchev–Trinajstić information content (AvgIpc) is 3.03. The highest BCUT2D eigenvalue weighted by Crippen LogP contribution is 2.42. The second kappa shape index (κ2) is 5.64. The van der Waals surface area contributed by atoms with Gasteiger partial charge in [-0.1, -0.05) is 19.8 Å². The van der Waals surface area contributed by atoms with Crippen LogP contribution in [0.5, 0.6) is 0 Å². The lowest BCUT2D eigenvalue weighted by atomic mass is 9.85. The summed E-state index contributed by atoms with van der Waals surface area (Å²) in [5.74, 6) is 0.240. The van der Waals surface area contributed by atoms with Gasteiger partial charge in [-0.15, -0.1) is 0 Å². The summed E-state index contributed by atoms with van der Waals surface area (Å²) in [6.07, 6.45) is 9.45. The molecule has 2 aliphatic carbocycles. The van der Waals surface area contributed by atoms with Gasteiger partial charge < -0.3 is 10.4 Å². The third-order valence-corrected chi connectivity index (χ3v) is 5.94. The summed E-state index contributed by atoms with van der Waals surface area (Å²) in [5.41, 5.74) is -0.661. The van der Waals surface area contributed by atoms with Crippen LogP contribution in [0, 0.1) is 5.92 Å². The number of aliphatic carboxylic acids is 1. The Bertz CT molecular complexity index is 373. The Morgan fingerprint density at radius 3 is 2.85 bits per heavy atom. The Labute approximate surface area is 121 Å². The molecule has 3 aliphatic rings. The number of nitrogens with zero attached hydrogens (tertiary/aromatic N) is 1. The van der Waals surface area contributed by atoms with Crippen molar-refractivity contribution in [1.29, 1.82) is 0 Å². The second-order valence-electron chi connectivity index (χ2n) is 6.95. The first-order valence-corrected chi connectivity index (χ1v) is 8.40. The highest BCUT2D eigenvalue weighted by Gasteiger charge is 2.49. The summed E-state index contributed by atoms with van der Waals surface area (Å²) in [5, 5.41) is 12.9. The number of likely N-dealkylation sites (tertiary alicyclic amines) is 1.